The van der Waals surface area contributed by atoms with Crippen molar-refractivity contribution in [3.05, 3.63) is 158 Å². The highest BCUT2D eigenvalue weighted by Gasteiger charge is 2.23. The van der Waals surface area contributed by atoms with Crippen LogP contribution < -0.4 is 0 Å². The molecule has 0 aliphatic heterocycles. The largest absolute Gasteiger partial charge is 0.455 e. The Morgan fingerprint density at radius 3 is 1.69 bits per heavy atom. The molecule has 48 heavy (non-hydrogen) atoms. The number of fused-ring (bicyclic) bond motifs is 5. The van der Waals surface area contributed by atoms with Gasteiger partial charge >= 0.3 is 0 Å². The number of rotatable bonds is 3. The molecule has 0 fully saturated rings. The molecule has 9 aromatic carbocycles. The van der Waals surface area contributed by atoms with Gasteiger partial charge in [0.2, 0.25) is 0 Å². The lowest BCUT2D eigenvalue weighted by molar-refractivity contribution is 0.670. The van der Waals surface area contributed by atoms with Gasteiger partial charge in [-0.05, 0) is 91.0 Å². The minimum atomic E-state index is 0.908. The maximum atomic E-state index is 6.76. The topological polar surface area (TPSA) is 13.1 Å². The quantitative estimate of drug-likeness (QED) is 0.140. The average Bonchev–Trinajstić information content (AvgIpc) is 3.72. The molecule has 11 rings (SSSR count). The Labute approximate surface area is 280 Å². The highest BCUT2D eigenvalue weighted by Crippen LogP contribution is 2.51. The predicted octanol–water partition coefficient (Wildman–Crippen LogP) is 13.9. The molecular weight excluding hydrogens is 601 g/mol. The van der Waals surface area contributed by atoms with E-state index in [4.69, 9.17) is 4.42 Å². The fraction of sp³-hybridized carbons (Fsp3) is 0. The van der Waals surface area contributed by atoms with E-state index in [-0.39, 0.29) is 0 Å². The van der Waals surface area contributed by atoms with E-state index in [9.17, 15) is 0 Å². The van der Waals surface area contributed by atoms with Crippen molar-refractivity contribution in [1.29, 1.82) is 0 Å². The third-order valence-electron chi connectivity index (χ3n) is 10.2. The number of hydrogen-bond acceptors (Lipinski definition) is 2. The highest BCUT2D eigenvalue weighted by molar-refractivity contribution is 7.26. The van der Waals surface area contributed by atoms with E-state index in [1.54, 1.807) is 0 Å². The van der Waals surface area contributed by atoms with Crippen molar-refractivity contribution in [1.82, 2.24) is 0 Å². The molecule has 222 valence electrons. The first-order valence-corrected chi connectivity index (χ1v) is 17.2. The Morgan fingerprint density at radius 1 is 0.375 bits per heavy atom. The van der Waals surface area contributed by atoms with Crippen LogP contribution in [-0.4, -0.2) is 0 Å². The summed E-state index contributed by atoms with van der Waals surface area (Å²) in [5.74, 6) is 0. The number of hydrogen-bond donors (Lipinski definition) is 0. The molecule has 0 N–H and O–H groups in total. The molecular formula is C46H26OS. The molecule has 0 spiro atoms. The third kappa shape index (κ3) is 3.55. The lowest BCUT2D eigenvalue weighted by Crippen LogP contribution is -1.93. The summed E-state index contributed by atoms with van der Waals surface area (Å²) in [6.45, 7) is 0. The van der Waals surface area contributed by atoms with E-state index < -0.39 is 0 Å². The van der Waals surface area contributed by atoms with Crippen LogP contribution in [-0.2, 0) is 0 Å². The molecule has 0 atom stereocenters. The molecule has 2 heterocycles. The monoisotopic (exact) mass is 626 g/mol. The molecule has 0 unspecified atom stereocenters. The van der Waals surface area contributed by atoms with Gasteiger partial charge < -0.3 is 4.42 Å². The van der Waals surface area contributed by atoms with E-state index in [0.29, 0.717) is 0 Å². The lowest BCUT2D eigenvalue weighted by Gasteiger charge is -2.20. The van der Waals surface area contributed by atoms with Gasteiger partial charge in [-0.2, -0.15) is 0 Å². The van der Waals surface area contributed by atoms with Crippen LogP contribution in [0.5, 0.6) is 0 Å². The minimum absolute atomic E-state index is 0.908. The zero-order valence-electron chi connectivity index (χ0n) is 25.8. The number of benzene rings is 9. The zero-order chi connectivity index (χ0) is 31.3. The summed E-state index contributed by atoms with van der Waals surface area (Å²) in [6, 6.07) is 57.6. The van der Waals surface area contributed by atoms with Crippen molar-refractivity contribution in [2.24, 2.45) is 0 Å². The van der Waals surface area contributed by atoms with Gasteiger partial charge in [0.15, 0.2) is 0 Å². The maximum Gasteiger partial charge on any atom is 0.143 e. The summed E-state index contributed by atoms with van der Waals surface area (Å²) >= 11 is 1.89. The summed E-state index contributed by atoms with van der Waals surface area (Å²) in [5, 5.41) is 12.6. The van der Waals surface area contributed by atoms with Gasteiger partial charge in [-0.1, -0.05) is 121 Å². The first kappa shape index (κ1) is 26.1. The lowest BCUT2D eigenvalue weighted by atomic mass is 9.83. The maximum absolute atomic E-state index is 6.76. The van der Waals surface area contributed by atoms with E-state index >= 15 is 0 Å². The SMILES string of the molecule is c1ccc(-c2cc(-c3c4ccccc4c(-c4cc5cccc6sc7cccc4c7c56)c4ccccc34)c3oc4ccccc4c3c2)cc1. The fourth-order valence-corrected chi connectivity index (χ4v) is 9.36. The zero-order valence-corrected chi connectivity index (χ0v) is 26.6. The van der Waals surface area contributed by atoms with Crippen molar-refractivity contribution >= 4 is 85.8 Å². The summed E-state index contributed by atoms with van der Waals surface area (Å²) in [7, 11) is 0. The Bertz CT molecular complexity index is 2990. The van der Waals surface area contributed by atoms with Crippen molar-refractivity contribution in [2.75, 3.05) is 0 Å². The highest BCUT2D eigenvalue weighted by atomic mass is 32.1. The molecule has 0 saturated carbocycles. The summed E-state index contributed by atoms with van der Waals surface area (Å²) in [5.41, 5.74) is 9.10. The second-order valence-electron chi connectivity index (χ2n) is 12.8. The van der Waals surface area contributed by atoms with E-state index in [0.717, 1.165) is 27.5 Å². The molecule has 0 radical (unpaired) electrons. The number of furan rings is 1. The third-order valence-corrected chi connectivity index (χ3v) is 11.3. The van der Waals surface area contributed by atoms with Gasteiger partial charge in [0.1, 0.15) is 11.2 Å². The van der Waals surface area contributed by atoms with E-state index in [1.807, 2.05) is 11.3 Å². The van der Waals surface area contributed by atoms with Crippen molar-refractivity contribution in [3.8, 4) is 33.4 Å². The van der Waals surface area contributed by atoms with Crippen LogP contribution in [0.25, 0.3) is 108 Å². The summed E-state index contributed by atoms with van der Waals surface area (Å²) in [4.78, 5) is 0. The normalized spacial score (nSPS) is 12.2. The first-order valence-electron chi connectivity index (χ1n) is 16.4. The van der Waals surface area contributed by atoms with Gasteiger partial charge in [0.05, 0.1) is 0 Å². The van der Waals surface area contributed by atoms with Crippen LogP contribution in [0, 0.1) is 0 Å². The smallest absolute Gasteiger partial charge is 0.143 e. The molecule has 0 bridgehead atoms. The number of para-hydroxylation sites is 1. The van der Waals surface area contributed by atoms with Gasteiger partial charge in [-0.15, -0.1) is 11.3 Å². The second kappa shape index (κ2) is 9.78. The molecule has 0 aliphatic carbocycles. The Balaban J connectivity index is 1.32. The molecule has 0 amide bonds. The average molecular weight is 627 g/mol. The van der Waals surface area contributed by atoms with Crippen LogP contribution in [0.15, 0.2) is 162 Å². The second-order valence-corrected chi connectivity index (χ2v) is 13.8. The minimum Gasteiger partial charge on any atom is -0.455 e. The number of thiophene rings is 1. The van der Waals surface area contributed by atoms with Crippen LogP contribution in [0.4, 0.5) is 0 Å². The van der Waals surface area contributed by atoms with E-state index in [1.165, 1.54) is 80.3 Å². The predicted molar refractivity (Wildman–Crippen MR) is 207 cm³/mol. The molecule has 2 aromatic heterocycles. The van der Waals surface area contributed by atoms with Gasteiger partial charge in [0.25, 0.3) is 0 Å². The molecule has 0 aliphatic rings. The van der Waals surface area contributed by atoms with Crippen molar-refractivity contribution in [3.63, 3.8) is 0 Å². The van der Waals surface area contributed by atoms with Gasteiger partial charge in [-0.3, -0.25) is 0 Å². The summed E-state index contributed by atoms with van der Waals surface area (Å²) in [6.07, 6.45) is 0. The van der Waals surface area contributed by atoms with Crippen LogP contribution in [0.3, 0.4) is 0 Å². The van der Waals surface area contributed by atoms with Gasteiger partial charge in [0, 0.05) is 42.1 Å². The van der Waals surface area contributed by atoms with E-state index in [2.05, 4.69) is 158 Å². The Morgan fingerprint density at radius 2 is 0.958 bits per heavy atom. The van der Waals surface area contributed by atoms with Crippen LogP contribution in [0.1, 0.15) is 0 Å². The summed E-state index contributed by atoms with van der Waals surface area (Å²) < 4.78 is 9.46. The first-order chi connectivity index (χ1) is 23.8. The van der Waals surface area contributed by atoms with Crippen LogP contribution in [0.2, 0.25) is 0 Å². The standard InChI is InChI=1S/C46H26OS/c1-2-12-27(13-3-1)29-25-37-30-15-8-9-21-39(30)47-46(37)38(26-29)44-33-18-6-4-16-31(33)43(32-17-5-7-19-34(32)44)36-24-28-14-10-22-40-42(28)45-35(36)20-11-23-41(45)48-40/h1-26H. The Hall–Kier alpha value is -5.96. The van der Waals surface area contributed by atoms with Crippen LogP contribution >= 0.6 is 11.3 Å². The molecule has 11 aromatic rings. The van der Waals surface area contributed by atoms with Crippen molar-refractivity contribution < 1.29 is 4.42 Å². The molecule has 0 saturated heterocycles. The van der Waals surface area contributed by atoms with Gasteiger partial charge in [-0.25, -0.2) is 0 Å². The fourth-order valence-electron chi connectivity index (χ4n) is 8.20. The van der Waals surface area contributed by atoms with Crippen molar-refractivity contribution in [2.45, 2.75) is 0 Å². The molecule has 2 heteroatoms. The molecule has 1 nitrogen and oxygen atoms in total. The Kier molecular flexibility index (Phi) is 5.32.